The molecule has 1 unspecified atom stereocenters. The van der Waals surface area contributed by atoms with Gasteiger partial charge in [-0.05, 0) is 48.7 Å². The monoisotopic (exact) mass is 655 g/mol. The average Bonchev–Trinajstić information content (AvgIpc) is 3.00. The lowest BCUT2D eigenvalue weighted by Crippen LogP contribution is -2.49. The zero-order valence-electron chi connectivity index (χ0n) is 23.8. The Morgan fingerprint density at radius 3 is 2.53 bits per heavy atom. The maximum Gasteiger partial charge on any atom is 0.407 e. The molecule has 45 heavy (non-hydrogen) atoms. The first kappa shape index (κ1) is 33.9. The quantitative estimate of drug-likeness (QED) is 0.209. The summed E-state index contributed by atoms with van der Waals surface area (Å²) in [5.41, 5.74) is 7.07. The molecule has 1 aliphatic rings. The number of carbonyl (C=O) groups is 2. The first-order chi connectivity index (χ1) is 21.4. The summed E-state index contributed by atoms with van der Waals surface area (Å²) >= 11 is 6.06. The van der Waals surface area contributed by atoms with E-state index in [1.807, 2.05) is 0 Å². The molecule has 1 fully saturated rings. The minimum Gasteiger partial charge on any atom is -0.448 e. The van der Waals surface area contributed by atoms with Crippen molar-refractivity contribution in [1.29, 1.82) is 0 Å². The number of anilines is 1. The Kier molecular flexibility index (Phi) is 11.5. The van der Waals surface area contributed by atoms with Crippen LogP contribution in [0.2, 0.25) is 5.02 Å². The Bertz CT molecular complexity index is 1460. The molecule has 0 spiro atoms. The van der Waals surface area contributed by atoms with E-state index in [9.17, 15) is 22.8 Å². The van der Waals surface area contributed by atoms with Gasteiger partial charge in [0.1, 0.15) is 30.8 Å². The summed E-state index contributed by atoms with van der Waals surface area (Å²) in [6.45, 7) is -1.31. The van der Waals surface area contributed by atoms with Crippen LogP contribution in [0.15, 0.2) is 60.9 Å². The molecule has 15 heteroatoms. The SMILES string of the molecule is NC(=O)[C@@H](Nc1cccc(F)c1CC[C@@H]1CN[C@H](COC(=O)NCC(F)(F)F)CO1)C(c1ccc(Cl)cc1)c1ccncc1F. The topological polar surface area (TPSA) is 128 Å². The highest BCUT2D eigenvalue weighted by Gasteiger charge is 2.33. The van der Waals surface area contributed by atoms with Crippen LogP contribution >= 0.6 is 11.6 Å². The van der Waals surface area contributed by atoms with Crippen LogP contribution in [0.1, 0.15) is 29.0 Å². The molecule has 4 rings (SSSR count). The van der Waals surface area contributed by atoms with E-state index in [0.717, 1.165) is 6.20 Å². The number of hydrogen-bond donors (Lipinski definition) is 4. The minimum absolute atomic E-state index is 0.101. The molecule has 1 aromatic heterocycles. The van der Waals surface area contributed by atoms with Crippen molar-refractivity contribution in [1.82, 2.24) is 15.6 Å². The maximum atomic E-state index is 15.2. The van der Waals surface area contributed by atoms with Gasteiger partial charge in [0.05, 0.1) is 24.9 Å². The second-order valence-electron chi connectivity index (χ2n) is 10.4. The predicted molar refractivity (Wildman–Crippen MR) is 156 cm³/mol. The fourth-order valence-electron chi connectivity index (χ4n) is 4.96. The second-order valence-corrected chi connectivity index (χ2v) is 10.8. The van der Waals surface area contributed by atoms with E-state index in [1.165, 1.54) is 24.4 Å². The summed E-state index contributed by atoms with van der Waals surface area (Å²) in [6.07, 6.45) is -3.16. The molecule has 3 aromatic rings. The fraction of sp³-hybridized carbons (Fsp3) is 0.367. The lowest BCUT2D eigenvalue weighted by molar-refractivity contribution is -0.124. The van der Waals surface area contributed by atoms with Crippen molar-refractivity contribution < 1.29 is 41.0 Å². The number of alkyl halides is 3. The first-order valence-electron chi connectivity index (χ1n) is 13.9. The molecule has 2 amide bonds. The van der Waals surface area contributed by atoms with Crippen molar-refractivity contribution in [2.24, 2.45) is 5.73 Å². The third kappa shape index (κ3) is 9.74. The summed E-state index contributed by atoms with van der Waals surface area (Å²) in [6, 6.07) is 10.6. The van der Waals surface area contributed by atoms with Gasteiger partial charge in [0.25, 0.3) is 0 Å². The van der Waals surface area contributed by atoms with Crippen LogP contribution in [0, 0.1) is 11.6 Å². The number of hydrogen-bond acceptors (Lipinski definition) is 7. The number of halogens is 6. The lowest BCUT2D eigenvalue weighted by atomic mass is 9.84. The normalized spacial score (nSPS) is 18.1. The van der Waals surface area contributed by atoms with Gasteiger partial charge in [0.15, 0.2) is 0 Å². The molecule has 242 valence electrons. The van der Waals surface area contributed by atoms with Crippen molar-refractivity contribution >= 4 is 29.3 Å². The number of morpholine rings is 1. The number of rotatable bonds is 12. The van der Waals surface area contributed by atoms with Gasteiger partial charge in [-0.15, -0.1) is 0 Å². The Balaban J connectivity index is 1.43. The van der Waals surface area contributed by atoms with Gasteiger partial charge in [0.2, 0.25) is 5.91 Å². The highest BCUT2D eigenvalue weighted by atomic mass is 35.5. The Hall–Kier alpha value is -4.01. The molecule has 5 N–H and O–H groups in total. The van der Waals surface area contributed by atoms with Crippen LogP contribution in [0.25, 0.3) is 0 Å². The average molecular weight is 656 g/mol. The van der Waals surface area contributed by atoms with Crippen LogP contribution in [-0.4, -0.2) is 67.7 Å². The maximum absolute atomic E-state index is 15.2. The molecule has 9 nitrogen and oxygen atoms in total. The van der Waals surface area contributed by atoms with Gasteiger partial charge in [-0.25, -0.2) is 13.6 Å². The zero-order chi connectivity index (χ0) is 32.6. The van der Waals surface area contributed by atoms with E-state index in [-0.39, 0.29) is 42.6 Å². The van der Waals surface area contributed by atoms with E-state index in [0.29, 0.717) is 23.6 Å². The summed E-state index contributed by atoms with van der Waals surface area (Å²) < 4.78 is 77.5. The molecule has 0 aliphatic carbocycles. The molecule has 0 saturated carbocycles. The van der Waals surface area contributed by atoms with E-state index >= 15 is 8.78 Å². The molecule has 0 radical (unpaired) electrons. The number of nitrogens with one attached hydrogen (secondary N) is 3. The fourth-order valence-corrected chi connectivity index (χ4v) is 5.09. The number of benzene rings is 2. The zero-order valence-corrected chi connectivity index (χ0v) is 24.5. The molecule has 2 heterocycles. The third-order valence-electron chi connectivity index (χ3n) is 7.17. The Morgan fingerprint density at radius 1 is 1.13 bits per heavy atom. The number of aromatic nitrogens is 1. The summed E-state index contributed by atoms with van der Waals surface area (Å²) in [5.74, 6) is -2.92. The van der Waals surface area contributed by atoms with Gasteiger partial charge in [-0.1, -0.05) is 29.8 Å². The van der Waals surface area contributed by atoms with Crippen molar-refractivity contribution in [3.63, 3.8) is 0 Å². The number of nitrogens with two attached hydrogens (primary N) is 1. The lowest BCUT2D eigenvalue weighted by Gasteiger charge is -2.31. The first-order valence-corrected chi connectivity index (χ1v) is 14.3. The van der Waals surface area contributed by atoms with Gasteiger partial charge in [-0.2, -0.15) is 13.2 Å². The summed E-state index contributed by atoms with van der Waals surface area (Å²) in [7, 11) is 0. The number of nitrogens with zero attached hydrogens (tertiary/aromatic N) is 1. The van der Waals surface area contributed by atoms with E-state index in [2.05, 4.69) is 15.6 Å². The standard InChI is InChI=1S/C30H31ClF5N5O4/c31-18-6-4-17(5-7-18)26(22-10-11-38-13-24(22)33)27(28(37)42)41-25-3-1-2-23(32)21(25)9-8-20-12-39-19(14-44-20)15-45-29(43)40-16-30(34,35)36/h1-7,10-11,13,19-20,26-27,39,41H,8-9,12,14-16H2,(H2,37,42)(H,40,43)/t19-,20+,26?,27-/m0/s1. The molecule has 0 bridgehead atoms. The molecular weight excluding hydrogens is 625 g/mol. The second kappa shape index (κ2) is 15.3. The Morgan fingerprint density at radius 2 is 1.89 bits per heavy atom. The molecule has 1 aliphatic heterocycles. The Labute approximate surface area is 260 Å². The van der Waals surface area contributed by atoms with Crippen LogP contribution in [-0.2, 0) is 20.7 Å². The van der Waals surface area contributed by atoms with Crippen LogP contribution in [0.4, 0.5) is 32.4 Å². The smallest absolute Gasteiger partial charge is 0.407 e. The molecule has 1 saturated heterocycles. The van der Waals surface area contributed by atoms with Crippen LogP contribution < -0.4 is 21.7 Å². The predicted octanol–water partition coefficient (Wildman–Crippen LogP) is 4.69. The summed E-state index contributed by atoms with van der Waals surface area (Å²) in [5, 5.41) is 8.21. The van der Waals surface area contributed by atoms with Crippen molar-refractivity contribution in [3.8, 4) is 0 Å². The van der Waals surface area contributed by atoms with Gasteiger partial charge in [0, 0.05) is 40.5 Å². The largest absolute Gasteiger partial charge is 0.448 e. The van der Waals surface area contributed by atoms with Crippen molar-refractivity contribution in [3.05, 3.63) is 94.3 Å². The van der Waals surface area contributed by atoms with Gasteiger partial charge < -0.3 is 31.2 Å². The molecule has 2 aromatic carbocycles. The highest BCUT2D eigenvalue weighted by Crippen LogP contribution is 2.34. The number of ether oxygens (including phenoxy) is 2. The van der Waals surface area contributed by atoms with Gasteiger partial charge >= 0.3 is 12.3 Å². The minimum atomic E-state index is -4.55. The summed E-state index contributed by atoms with van der Waals surface area (Å²) in [4.78, 5) is 28.1. The highest BCUT2D eigenvalue weighted by molar-refractivity contribution is 6.30. The number of amides is 2. The van der Waals surface area contributed by atoms with Gasteiger partial charge in [-0.3, -0.25) is 9.78 Å². The van der Waals surface area contributed by atoms with Crippen molar-refractivity contribution in [2.45, 2.75) is 43.1 Å². The van der Waals surface area contributed by atoms with Crippen LogP contribution in [0.5, 0.6) is 0 Å². The van der Waals surface area contributed by atoms with Crippen LogP contribution in [0.3, 0.4) is 0 Å². The van der Waals surface area contributed by atoms with E-state index in [1.54, 1.807) is 35.6 Å². The molecule has 4 atom stereocenters. The number of carbonyl (C=O) groups excluding carboxylic acids is 2. The number of primary amides is 1. The molecular formula is C30H31ClF5N5O4. The van der Waals surface area contributed by atoms with Crippen molar-refractivity contribution in [2.75, 3.05) is 31.6 Å². The van der Waals surface area contributed by atoms with E-state index < -0.39 is 54.4 Å². The number of pyridine rings is 1. The third-order valence-corrected chi connectivity index (χ3v) is 7.42. The number of alkyl carbamates (subject to hydrolysis) is 1. The van der Waals surface area contributed by atoms with E-state index in [4.69, 9.17) is 26.8 Å².